The molecule has 1 radical (unpaired) electrons. The Hall–Kier alpha value is -4.65. The van der Waals surface area contributed by atoms with Crippen LogP contribution in [-0.2, 0) is 0 Å². The molecular weight excluding hydrogens is 455 g/mol. The van der Waals surface area contributed by atoms with Crippen molar-refractivity contribution in [2.24, 2.45) is 0 Å². The molecule has 181 valence electrons. The molecule has 3 aromatic heterocycles. The lowest BCUT2D eigenvalue weighted by Crippen LogP contribution is -2.45. The third kappa shape index (κ3) is 4.29. The van der Waals surface area contributed by atoms with E-state index in [4.69, 9.17) is 15.3 Å². The van der Waals surface area contributed by atoms with Gasteiger partial charge >= 0.3 is 0 Å². The zero-order valence-corrected chi connectivity index (χ0v) is 21.2. The van der Waals surface area contributed by atoms with E-state index in [-0.39, 0.29) is 0 Å². The summed E-state index contributed by atoms with van der Waals surface area (Å²) >= 11 is 0. The fourth-order valence-electron chi connectivity index (χ4n) is 4.86. The van der Waals surface area contributed by atoms with Gasteiger partial charge in [0.05, 0.1) is 17.1 Å². The Morgan fingerprint density at radius 1 is 0.432 bits per heavy atom. The number of nitrogens with zero attached hydrogens (tertiary/aromatic N) is 6. The molecule has 0 aliphatic carbocycles. The maximum absolute atomic E-state index is 5.02. The molecule has 37 heavy (non-hydrogen) atoms. The van der Waals surface area contributed by atoms with E-state index in [2.05, 4.69) is 91.0 Å². The summed E-state index contributed by atoms with van der Waals surface area (Å²) in [6.07, 6.45) is 0. The minimum atomic E-state index is -0.475. The average molecular weight is 482 g/mol. The molecule has 7 heteroatoms. The number of aryl methyl sites for hydroxylation is 3. The van der Waals surface area contributed by atoms with Crippen LogP contribution in [0.25, 0.3) is 33.8 Å². The molecule has 0 saturated heterocycles. The molecule has 0 atom stereocenters. The highest BCUT2D eigenvalue weighted by atomic mass is 15.5. The Morgan fingerprint density at radius 2 is 0.703 bits per heavy atom. The van der Waals surface area contributed by atoms with Gasteiger partial charge in [-0.2, -0.15) is 0 Å². The maximum atomic E-state index is 5.02. The van der Waals surface area contributed by atoms with Gasteiger partial charge < -0.3 is 13.8 Å². The van der Waals surface area contributed by atoms with Crippen LogP contribution in [0.3, 0.4) is 0 Å². The molecule has 0 spiro atoms. The SMILES string of the molecule is Cc1cc(-c2ccccc2)n([B-](n2nc(C)cc2-c2ccccc2)n2nc(C)cc2-c2ccccc2)n1. The van der Waals surface area contributed by atoms with Crippen molar-refractivity contribution in [1.29, 1.82) is 0 Å². The van der Waals surface area contributed by atoms with E-state index in [9.17, 15) is 0 Å². The molecule has 0 aliphatic rings. The van der Waals surface area contributed by atoms with Crippen molar-refractivity contribution in [2.45, 2.75) is 20.8 Å². The van der Waals surface area contributed by atoms with Crippen LogP contribution < -0.4 is 0 Å². The van der Waals surface area contributed by atoms with Crippen molar-refractivity contribution in [2.75, 3.05) is 0 Å². The second-order valence-electron chi connectivity index (χ2n) is 9.29. The first-order valence-corrected chi connectivity index (χ1v) is 12.4. The molecule has 0 bridgehead atoms. The first-order valence-electron chi connectivity index (χ1n) is 12.4. The Balaban J connectivity index is 1.66. The van der Waals surface area contributed by atoms with Gasteiger partial charge in [0.25, 0.3) is 7.12 Å². The first-order chi connectivity index (χ1) is 18.1. The Bertz CT molecular complexity index is 1450. The number of hydrogen-bond acceptors (Lipinski definition) is 3. The monoisotopic (exact) mass is 482 g/mol. The summed E-state index contributed by atoms with van der Waals surface area (Å²) in [7, 11) is -0.475. The van der Waals surface area contributed by atoms with E-state index in [0.717, 1.165) is 50.9 Å². The minimum Gasteiger partial charge on any atom is -0.418 e. The molecule has 0 unspecified atom stereocenters. The molecule has 6 aromatic rings. The summed E-state index contributed by atoms with van der Waals surface area (Å²) in [4.78, 5) is 0. The Morgan fingerprint density at radius 3 is 0.973 bits per heavy atom. The van der Waals surface area contributed by atoms with Crippen LogP contribution in [0.1, 0.15) is 17.1 Å². The van der Waals surface area contributed by atoms with Gasteiger partial charge in [-0.15, -0.1) is 0 Å². The minimum absolute atomic E-state index is 0.475. The molecule has 3 heterocycles. The van der Waals surface area contributed by atoms with Gasteiger partial charge in [-0.05, 0) is 55.7 Å². The van der Waals surface area contributed by atoms with Crippen LogP contribution in [0.4, 0.5) is 0 Å². The molecule has 0 fully saturated rings. The quantitative estimate of drug-likeness (QED) is 0.268. The summed E-state index contributed by atoms with van der Waals surface area (Å²) in [5, 5.41) is 15.1. The van der Waals surface area contributed by atoms with E-state index in [0.29, 0.717) is 0 Å². The third-order valence-corrected chi connectivity index (χ3v) is 6.44. The summed E-state index contributed by atoms with van der Waals surface area (Å²) in [6, 6.07) is 37.5. The van der Waals surface area contributed by atoms with Gasteiger partial charge in [-0.25, -0.2) is 15.3 Å². The standard InChI is InChI=1S/C30H27BN6/c1-22-19-28(25-13-7-4-8-14-25)35(32-22)31(36-29(20-23(2)33-36)26-15-9-5-10-16-26)37-30(21-24(3)34-37)27-17-11-6-12-18-27/h4-21H,1-3H3/q-1. The predicted octanol–water partition coefficient (Wildman–Crippen LogP) is 6.13. The molecule has 3 aromatic carbocycles. The summed E-state index contributed by atoms with van der Waals surface area (Å²) in [5.74, 6) is 0. The highest BCUT2D eigenvalue weighted by Crippen LogP contribution is 2.28. The number of rotatable bonds is 6. The smallest absolute Gasteiger partial charge is 0.262 e. The highest BCUT2D eigenvalue weighted by molar-refractivity contribution is 6.54. The largest absolute Gasteiger partial charge is 0.418 e. The van der Waals surface area contributed by atoms with Crippen molar-refractivity contribution in [3.63, 3.8) is 0 Å². The highest BCUT2D eigenvalue weighted by Gasteiger charge is 2.22. The van der Waals surface area contributed by atoms with Gasteiger partial charge in [-0.3, -0.25) is 0 Å². The van der Waals surface area contributed by atoms with Crippen molar-refractivity contribution in [3.05, 3.63) is 126 Å². The molecular formula is C30H27BN6-. The summed E-state index contributed by atoms with van der Waals surface area (Å²) in [5.41, 5.74) is 9.06. The normalized spacial score (nSPS) is 11.4. The van der Waals surface area contributed by atoms with E-state index >= 15 is 0 Å². The fourth-order valence-corrected chi connectivity index (χ4v) is 4.86. The fraction of sp³-hybridized carbons (Fsp3) is 0.100. The van der Waals surface area contributed by atoms with Gasteiger partial charge in [0.15, 0.2) is 0 Å². The average Bonchev–Trinajstić information content (AvgIpc) is 3.62. The third-order valence-electron chi connectivity index (χ3n) is 6.44. The maximum Gasteiger partial charge on any atom is 0.262 e. The molecule has 6 rings (SSSR count). The van der Waals surface area contributed by atoms with Gasteiger partial charge in [0, 0.05) is 17.1 Å². The molecule has 0 amide bonds. The lowest BCUT2D eigenvalue weighted by Gasteiger charge is -2.35. The van der Waals surface area contributed by atoms with Crippen LogP contribution in [-0.4, -0.2) is 36.2 Å². The molecule has 0 aliphatic heterocycles. The Kier molecular flexibility index (Phi) is 5.81. The van der Waals surface area contributed by atoms with Crippen molar-refractivity contribution in [3.8, 4) is 33.8 Å². The van der Waals surface area contributed by atoms with Crippen molar-refractivity contribution < 1.29 is 0 Å². The van der Waals surface area contributed by atoms with Crippen LogP contribution >= 0.6 is 0 Å². The lowest BCUT2D eigenvalue weighted by molar-refractivity contribution is 0.767. The Labute approximate surface area is 217 Å². The first kappa shape index (κ1) is 22.8. The van der Waals surface area contributed by atoms with Crippen molar-refractivity contribution >= 4 is 7.12 Å². The van der Waals surface area contributed by atoms with E-state index in [1.54, 1.807) is 0 Å². The number of hydrogen-bond donors (Lipinski definition) is 0. The lowest BCUT2D eigenvalue weighted by atomic mass is 9.90. The van der Waals surface area contributed by atoms with Crippen molar-refractivity contribution in [1.82, 2.24) is 29.1 Å². The van der Waals surface area contributed by atoms with Crippen LogP contribution in [0, 0.1) is 20.8 Å². The number of benzene rings is 3. The molecule has 0 N–H and O–H groups in total. The second kappa shape index (κ2) is 9.43. The van der Waals surface area contributed by atoms with Gasteiger partial charge in [0.1, 0.15) is 0 Å². The summed E-state index contributed by atoms with van der Waals surface area (Å²) < 4.78 is 6.13. The van der Waals surface area contributed by atoms with E-state index in [1.165, 1.54) is 0 Å². The molecule has 6 nitrogen and oxygen atoms in total. The predicted molar refractivity (Wildman–Crippen MR) is 149 cm³/mol. The van der Waals surface area contributed by atoms with E-state index < -0.39 is 7.12 Å². The molecule has 0 saturated carbocycles. The van der Waals surface area contributed by atoms with Gasteiger partial charge in [0.2, 0.25) is 0 Å². The van der Waals surface area contributed by atoms with Crippen LogP contribution in [0.15, 0.2) is 109 Å². The van der Waals surface area contributed by atoms with Crippen LogP contribution in [0.2, 0.25) is 0 Å². The number of aromatic nitrogens is 6. The summed E-state index contributed by atoms with van der Waals surface area (Å²) in [6.45, 7) is 6.08. The van der Waals surface area contributed by atoms with Gasteiger partial charge in [-0.1, -0.05) is 91.0 Å². The zero-order chi connectivity index (χ0) is 25.4. The second-order valence-corrected chi connectivity index (χ2v) is 9.29. The van der Waals surface area contributed by atoms with Crippen LogP contribution in [0.5, 0.6) is 0 Å². The van der Waals surface area contributed by atoms with E-state index in [1.807, 2.05) is 52.7 Å². The topological polar surface area (TPSA) is 53.5 Å². The zero-order valence-electron chi connectivity index (χ0n) is 21.2.